The van der Waals surface area contributed by atoms with Gasteiger partial charge in [-0.25, -0.2) is 0 Å². The van der Waals surface area contributed by atoms with Crippen molar-refractivity contribution in [2.75, 3.05) is 31.6 Å². The smallest absolute Gasteiger partial charge is 0.0494 e. The molecule has 1 atom stereocenters. The van der Waals surface area contributed by atoms with Gasteiger partial charge in [-0.05, 0) is 31.7 Å². The van der Waals surface area contributed by atoms with E-state index in [2.05, 4.69) is 23.8 Å². The lowest BCUT2D eigenvalue weighted by Crippen LogP contribution is -2.50. The first-order valence-electron chi connectivity index (χ1n) is 5.91. The Bertz CT molecular complexity index is 395. The Morgan fingerprint density at radius 3 is 2.76 bits per heavy atom. The molecule has 0 aromatic heterocycles. The van der Waals surface area contributed by atoms with Crippen molar-refractivity contribution in [3.63, 3.8) is 0 Å². The van der Waals surface area contributed by atoms with E-state index in [9.17, 15) is 0 Å². The Balaban J connectivity index is 2.24. The van der Waals surface area contributed by atoms with Gasteiger partial charge >= 0.3 is 0 Å². The molecule has 1 aromatic carbocycles. The van der Waals surface area contributed by atoms with Crippen LogP contribution < -0.4 is 4.90 Å². The molecule has 17 heavy (non-hydrogen) atoms. The van der Waals surface area contributed by atoms with Crippen molar-refractivity contribution < 1.29 is 0 Å². The van der Waals surface area contributed by atoms with Crippen molar-refractivity contribution >= 4 is 28.9 Å². The summed E-state index contributed by atoms with van der Waals surface area (Å²) in [7, 11) is 2.17. The van der Waals surface area contributed by atoms with Crippen LogP contribution in [0.15, 0.2) is 18.2 Å². The van der Waals surface area contributed by atoms with Crippen LogP contribution in [0.25, 0.3) is 0 Å². The second-order valence-electron chi connectivity index (χ2n) is 4.68. The maximum absolute atomic E-state index is 6.08. The zero-order valence-electron chi connectivity index (χ0n) is 10.3. The maximum Gasteiger partial charge on any atom is 0.0494 e. The third-order valence-electron chi connectivity index (χ3n) is 3.49. The van der Waals surface area contributed by atoms with Crippen LogP contribution in [-0.4, -0.2) is 37.6 Å². The van der Waals surface area contributed by atoms with Crippen LogP contribution >= 0.6 is 23.2 Å². The average molecular weight is 273 g/mol. The highest BCUT2D eigenvalue weighted by molar-refractivity contribution is 6.31. The van der Waals surface area contributed by atoms with Gasteiger partial charge in [-0.1, -0.05) is 17.7 Å². The number of rotatable bonds is 2. The Morgan fingerprint density at radius 2 is 2.12 bits per heavy atom. The molecule has 1 aromatic rings. The largest absolute Gasteiger partial charge is 0.368 e. The molecular weight excluding hydrogens is 255 g/mol. The summed E-state index contributed by atoms with van der Waals surface area (Å²) in [4.78, 5) is 4.76. The van der Waals surface area contributed by atoms with Gasteiger partial charge in [0.2, 0.25) is 0 Å². The molecule has 0 radical (unpaired) electrons. The van der Waals surface area contributed by atoms with Crippen molar-refractivity contribution in [2.24, 2.45) is 0 Å². The standard InChI is InChI=1S/C13H18Cl2N2/c1-10-9-17(6-5-16(10)2)13-7-12(15)4-3-11(13)8-14/h3-4,7,10H,5-6,8-9H2,1-2H3. The van der Waals surface area contributed by atoms with Gasteiger partial charge in [-0.3, -0.25) is 0 Å². The number of hydrogen-bond donors (Lipinski definition) is 0. The summed E-state index contributed by atoms with van der Waals surface area (Å²) in [6.45, 7) is 5.39. The molecule has 1 saturated heterocycles. The van der Waals surface area contributed by atoms with E-state index in [4.69, 9.17) is 23.2 Å². The summed E-state index contributed by atoms with van der Waals surface area (Å²) in [5, 5.41) is 0.778. The Kier molecular flexibility index (Phi) is 4.18. The number of likely N-dealkylation sites (N-methyl/N-ethyl adjacent to an activating group) is 1. The van der Waals surface area contributed by atoms with Crippen molar-refractivity contribution in [1.29, 1.82) is 0 Å². The van der Waals surface area contributed by atoms with Crippen molar-refractivity contribution in [3.05, 3.63) is 28.8 Å². The Labute approximate surface area is 113 Å². The van der Waals surface area contributed by atoms with Crippen LogP contribution in [0.2, 0.25) is 5.02 Å². The first kappa shape index (κ1) is 13.0. The zero-order valence-corrected chi connectivity index (χ0v) is 11.8. The third-order valence-corrected chi connectivity index (χ3v) is 4.01. The minimum Gasteiger partial charge on any atom is -0.368 e. The third kappa shape index (κ3) is 2.87. The van der Waals surface area contributed by atoms with E-state index in [-0.39, 0.29) is 0 Å². The van der Waals surface area contributed by atoms with E-state index >= 15 is 0 Å². The fraction of sp³-hybridized carbons (Fsp3) is 0.538. The van der Waals surface area contributed by atoms with Crippen molar-refractivity contribution in [2.45, 2.75) is 18.8 Å². The molecule has 0 N–H and O–H groups in total. The van der Waals surface area contributed by atoms with Gasteiger partial charge in [0.05, 0.1) is 0 Å². The van der Waals surface area contributed by atoms with Gasteiger partial charge in [0.1, 0.15) is 0 Å². The summed E-state index contributed by atoms with van der Waals surface area (Å²) in [5.74, 6) is 0.535. The molecule has 1 aliphatic heterocycles. The molecule has 0 spiro atoms. The second kappa shape index (κ2) is 5.47. The summed E-state index contributed by atoms with van der Waals surface area (Å²) < 4.78 is 0. The van der Waals surface area contributed by atoms with Crippen LogP contribution in [-0.2, 0) is 5.88 Å². The number of piperazine rings is 1. The van der Waals surface area contributed by atoms with E-state index < -0.39 is 0 Å². The Morgan fingerprint density at radius 1 is 1.35 bits per heavy atom. The predicted molar refractivity (Wildman–Crippen MR) is 75.3 cm³/mol. The van der Waals surface area contributed by atoms with Gasteiger partial charge in [-0.2, -0.15) is 0 Å². The van der Waals surface area contributed by atoms with Crippen LogP contribution in [0.4, 0.5) is 5.69 Å². The number of halogens is 2. The molecular formula is C13H18Cl2N2. The lowest BCUT2D eigenvalue weighted by atomic mass is 10.1. The number of alkyl halides is 1. The van der Waals surface area contributed by atoms with Gasteiger partial charge < -0.3 is 9.80 Å². The quantitative estimate of drug-likeness (QED) is 0.763. The molecule has 1 heterocycles. The molecule has 1 fully saturated rings. The fourth-order valence-electron chi connectivity index (χ4n) is 2.21. The number of nitrogens with zero attached hydrogens (tertiary/aromatic N) is 2. The van der Waals surface area contributed by atoms with E-state index in [1.807, 2.05) is 18.2 Å². The molecule has 94 valence electrons. The van der Waals surface area contributed by atoms with Crippen LogP contribution in [0.5, 0.6) is 0 Å². The highest BCUT2D eigenvalue weighted by Crippen LogP contribution is 2.28. The predicted octanol–water partition coefficient (Wildman–Crippen LogP) is 3.22. The maximum atomic E-state index is 6.08. The topological polar surface area (TPSA) is 6.48 Å². The molecule has 0 amide bonds. The van der Waals surface area contributed by atoms with Crippen LogP contribution in [0, 0.1) is 0 Å². The summed E-state index contributed by atoms with van der Waals surface area (Å²) in [6.07, 6.45) is 0. The Hall–Kier alpha value is -0.440. The molecule has 4 heteroatoms. The first-order valence-corrected chi connectivity index (χ1v) is 6.82. The zero-order chi connectivity index (χ0) is 12.4. The molecule has 0 bridgehead atoms. The van der Waals surface area contributed by atoms with E-state index in [1.165, 1.54) is 5.69 Å². The van der Waals surface area contributed by atoms with Gasteiger partial charge in [0.15, 0.2) is 0 Å². The highest BCUT2D eigenvalue weighted by Gasteiger charge is 2.22. The van der Waals surface area contributed by atoms with E-state index in [0.29, 0.717) is 11.9 Å². The molecule has 1 unspecified atom stereocenters. The summed E-state index contributed by atoms with van der Waals surface area (Å²) >= 11 is 12.1. The summed E-state index contributed by atoms with van der Waals surface area (Å²) in [6, 6.07) is 6.51. The number of hydrogen-bond acceptors (Lipinski definition) is 2. The van der Waals surface area contributed by atoms with Crippen LogP contribution in [0.1, 0.15) is 12.5 Å². The number of anilines is 1. The normalized spacial score (nSPS) is 21.9. The molecule has 2 rings (SSSR count). The molecule has 2 nitrogen and oxygen atoms in total. The van der Waals surface area contributed by atoms with Crippen molar-refractivity contribution in [1.82, 2.24) is 4.90 Å². The van der Waals surface area contributed by atoms with Gasteiger partial charge in [0.25, 0.3) is 0 Å². The summed E-state index contributed by atoms with van der Waals surface area (Å²) in [5.41, 5.74) is 2.35. The minimum absolute atomic E-state index is 0.535. The van der Waals surface area contributed by atoms with Crippen LogP contribution in [0.3, 0.4) is 0 Å². The van der Waals surface area contributed by atoms with Crippen molar-refractivity contribution in [3.8, 4) is 0 Å². The lowest BCUT2D eigenvalue weighted by Gasteiger charge is -2.39. The van der Waals surface area contributed by atoms with Gasteiger partial charge in [0, 0.05) is 42.3 Å². The SMILES string of the molecule is CC1CN(c2cc(Cl)ccc2CCl)CCN1C. The number of benzene rings is 1. The van der Waals surface area contributed by atoms with E-state index in [1.54, 1.807) is 0 Å². The lowest BCUT2D eigenvalue weighted by molar-refractivity contribution is 0.234. The average Bonchev–Trinajstić information content (AvgIpc) is 2.32. The molecule has 0 saturated carbocycles. The minimum atomic E-state index is 0.535. The van der Waals surface area contributed by atoms with E-state index in [0.717, 1.165) is 30.2 Å². The van der Waals surface area contributed by atoms with Gasteiger partial charge in [-0.15, -0.1) is 11.6 Å². The molecule has 1 aliphatic rings. The first-order chi connectivity index (χ1) is 8.11. The monoisotopic (exact) mass is 272 g/mol. The highest BCUT2D eigenvalue weighted by atomic mass is 35.5. The fourth-order valence-corrected chi connectivity index (χ4v) is 2.60. The second-order valence-corrected chi connectivity index (χ2v) is 5.39. The molecule has 0 aliphatic carbocycles.